The van der Waals surface area contributed by atoms with E-state index in [9.17, 15) is 5.26 Å². The van der Waals surface area contributed by atoms with Crippen LogP contribution in [0.2, 0.25) is 0 Å². The smallest absolute Gasteiger partial charge is 0.165 e. The molecule has 0 fully saturated rings. The Balaban J connectivity index is 1.04. The molecule has 0 spiro atoms. The van der Waals surface area contributed by atoms with Gasteiger partial charge in [-0.15, -0.1) is 0 Å². The van der Waals surface area contributed by atoms with Crippen molar-refractivity contribution in [1.82, 2.24) is 29.9 Å². The van der Waals surface area contributed by atoms with Gasteiger partial charge in [0.2, 0.25) is 0 Å². The van der Waals surface area contributed by atoms with Gasteiger partial charge in [0, 0.05) is 43.2 Å². The van der Waals surface area contributed by atoms with Crippen molar-refractivity contribution in [2.75, 3.05) is 0 Å². The SMILES string of the molecule is N#Cc1ccc(-c2ccc(-c3nc(-c4ccccc4)nc(-c4ccccc4Sc4ccc(-c5nc(-c6ccccc6)nc(-c6ccccc6)n5)cc4)n3)cc2)cc1. The van der Waals surface area contributed by atoms with E-state index in [1.807, 2.05) is 140 Å². The number of hydrogen-bond acceptors (Lipinski definition) is 8. The molecule has 2 aromatic heterocycles. The Morgan fingerprint density at radius 1 is 0.316 bits per heavy atom. The molecule has 0 unspecified atom stereocenters. The molecule has 7 aromatic carbocycles. The lowest BCUT2D eigenvalue weighted by atomic mass is 10.0. The molecule has 0 aliphatic heterocycles. The Bertz CT molecular complexity index is 2790. The van der Waals surface area contributed by atoms with Crippen LogP contribution in [0, 0.1) is 11.3 Å². The molecular weight excluding hydrogens is 719 g/mol. The first-order chi connectivity index (χ1) is 28.2. The normalized spacial score (nSPS) is 10.9. The Labute approximate surface area is 334 Å². The maximum atomic E-state index is 9.21. The molecule has 9 aromatic rings. The maximum absolute atomic E-state index is 9.21. The number of nitriles is 1. The lowest BCUT2D eigenvalue weighted by Gasteiger charge is -2.12. The van der Waals surface area contributed by atoms with Crippen molar-refractivity contribution in [3.8, 4) is 85.5 Å². The highest BCUT2D eigenvalue weighted by Crippen LogP contribution is 2.37. The van der Waals surface area contributed by atoms with Crippen molar-refractivity contribution in [3.63, 3.8) is 0 Å². The second kappa shape index (κ2) is 16.0. The van der Waals surface area contributed by atoms with Gasteiger partial charge in [0.15, 0.2) is 34.9 Å². The molecule has 8 heteroatoms. The van der Waals surface area contributed by atoms with E-state index >= 15 is 0 Å². The van der Waals surface area contributed by atoms with Crippen LogP contribution in [0.4, 0.5) is 0 Å². The van der Waals surface area contributed by atoms with Crippen LogP contribution in [-0.4, -0.2) is 29.9 Å². The van der Waals surface area contributed by atoms with Gasteiger partial charge in [-0.2, -0.15) is 5.26 Å². The summed E-state index contributed by atoms with van der Waals surface area (Å²) in [6.45, 7) is 0. The number of aromatic nitrogens is 6. The van der Waals surface area contributed by atoms with Crippen LogP contribution < -0.4 is 0 Å². The summed E-state index contributed by atoms with van der Waals surface area (Å²) >= 11 is 1.64. The number of rotatable bonds is 9. The largest absolute Gasteiger partial charge is 0.208 e. The lowest BCUT2D eigenvalue weighted by molar-refractivity contribution is 1.07. The molecule has 7 nitrogen and oxygen atoms in total. The van der Waals surface area contributed by atoms with Gasteiger partial charge in [0.25, 0.3) is 0 Å². The average molecular weight is 750 g/mol. The van der Waals surface area contributed by atoms with Crippen LogP contribution in [0.15, 0.2) is 198 Å². The van der Waals surface area contributed by atoms with Crippen molar-refractivity contribution >= 4 is 11.8 Å². The monoisotopic (exact) mass is 749 g/mol. The molecule has 0 aliphatic carbocycles. The molecule has 268 valence electrons. The first kappa shape index (κ1) is 35.1. The van der Waals surface area contributed by atoms with Crippen molar-refractivity contribution in [2.45, 2.75) is 9.79 Å². The summed E-state index contributed by atoms with van der Waals surface area (Å²) in [7, 11) is 0. The zero-order chi connectivity index (χ0) is 38.4. The minimum atomic E-state index is 0.580. The number of nitrogens with zero attached hydrogens (tertiary/aromatic N) is 7. The van der Waals surface area contributed by atoms with Gasteiger partial charge in [-0.3, -0.25) is 0 Å². The third-order valence-corrected chi connectivity index (χ3v) is 10.4. The first-order valence-corrected chi connectivity index (χ1v) is 19.2. The molecule has 0 radical (unpaired) electrons. The van der Waals surface area contributed by atoms with Crippen LogP contribution in [0.3, 0.4) is 0 Å². The molecule has 0 saturated carbocycles. The van der Waals surface area contributed by atoms with E-state index in [0.29, 0.717) is 40.5 Å². The van der Waals surface area contributed by atoms with E-state index in [1.165, 1.54) is 0 Å². The lowest BCUT2D eigenvalue weighted by Crippen LogP contribution is -2.01. The molecule has 0 saturated heterocycles. The average Bonchev–Trinajstić information content (AvgIpc) is 3.30. The highest BCUT2D eigenvalue weighted by molar-refractivity contribution is 7.99. The molecule has 0 amide bonds. The van der Waals surface area contributed by atoms with E-state index in [1.54, 1.807) is 11.8 Å². The highest BCUT2D eigenvalue weighted by atomic mass is 32.2. The third-order valence-electron chi connectivity index (χ3n) is 9.33. The van der Waals surface area contributed by atoms with Crippen molar-refractivity contribution in [2.24, 2.45) is 0 Å². The molecule has 2 heterocycles. The number of hydrogen-bond donors (Lipinski definition) is 0. The van der Waals surface area contributed by atoms with Crippen LogP contribution >= 0.6 is 11.8 Å². The van der Waals surface area contributed by atoms with Gasteiger partial charge in [-0.1, -0.05) is 169 Å². The van der Waals surface area contributed by atoms with Crippen molar-refractivity contribution < 1.29 is 0 Å². The standard InChI is InChI=1S/C49H31N7S/c50-32-33-20-22-34(23-21-33)35-24-26-39(27-25-35)48-54-46(38-16-8-3-9-17-38)55-49(56-48)42-18-10-11-19-43(42)57-41-30-28-40(29-31-41)47-52-44(36-12-4-1-5-13-36)51-45(53-47)37-14-6-2-7-15-37/h1-31H. The van der Waals surface area contributed by atoms with Crippen LogP contribution in [-0.2, 0) is 0 Å². The van der Waals surface area contributed by atoms with E-state index in [-0.39, 0.29) is 0 Å². The fourth-order valence-electron chi connectivity index (χ4n) is 6.37. The van der Waals surface area contributed by atoms with Gasteiger partial charge < -0.3 is 0 Å². The van der Waals surface area contributed by atoms with Gasteiger partial charge in [0.05, 0.1) is 11.6 Å². The predicted octanol–water partition coefficient (Wildman–Crippen LogP) is 11.7. The van der Waals surface area contributed by atoms with E-state index in [0.717, 1.165) is 54.3 Å². The Morgan fingerprint density at radius 2 is 0.649 bits per heavy atom. The molecule has 57 heavy (non-hydrogen) atoms. The molecule has 0 N–H and O–H groups in total. The van der Waals surface area contributed by atoms with Crippen molar-refractivity contribution in [1.29, 1.82) is 5.26 Å². The Hall–Kier alpha value is -7.60. The van der Waals surface area contributed by atoms with Gasteiger partial charge in [0.1, 0.15) is 0 Å². The zero-order valence-electron chi connectivity index (χ0n) is 30.4. The predicted molar refractivity (Wildman–Crippen MR) is 227 cm³/mol. The van der Waals surface area contributed by atoms with Gasteiger partial charge in [-0.25, -0.2) is 29.9 Å². The van der Waals surface area contributed by atoms with Crippen molar-refractivity contribution in [3.05, 3.63) is 194 Å². The molecule has 0 atom stereocenters. The summed E-state index contributed by atoms with van der Waals surface area (Å²) in [5.41, 5.74) is 8.13. The summed E-state index contributed by atoms with van der Waals surface area (Å²) in [4.78, 5) is 31.7. The van der Waals surface area contributed by atoms with Crippen LogP contribution in [0.1, 0.15) is 5.56 Å². The zero-order valence-corrected chi connectivity index (χ0v) is 31.3. The van der Waals surface area contributed by atoms with Gasteiger partial charge >= 0.3 is 0 Å². The fourth-order valence-corrected chi connectivity index (χ4v) is 7.31. The van der Waals surface area contributed by atoms with Crippen LogP contribution in [0.5, 0.6) is 0 Å². The molecule has 9 rings (SSSR count). The first-order valence-electron chi connectivity index (χ1n) is 18.3. The quantitative estimate of drug-likeness (QED) is 0.144. The molecular formula is C49H31N7S. The van der Waals surface area contributed by atoms with E-state index < -0.39 is 0 Å². The molecule has 0 bridgehead atoms. The summed E-state index contributed by atoms with van der Waals surface area (Å²) in [5.74, 6) is 3.62. The van der Waals surface area contributed by atoms with Crippen LogP contribution in [0.25, 0.3) is 79.5 Å². The second-order valence-corrected chi connectivity index (χ2v) is 14.2. The summed E-state index contributed by atoms with van der Waals surface area (Å²) in [5, 5.41) is 9.21. The summed E-state index contributed by atoms with van der Waals surface area (Å²) in [6, 6.07) is 64.4. The Kier molecular flexibility index (Phi) is 9.87. The molecule has 0 aliphatic rings. The minimum absolute atomic E-state index is 0.580. The third kappa shape index (κ3) is 7.82. The van der Waals surface area contributed by atoms with Gasteiger partial charge in [-0.05, 0) is 41.5 Å². The number of benzene rings is 7. The fraction of sp³-hybridized carbons (Fsp3) is 0. The summed E-state index contributed by atoms with van der Waals surface area (Å²) in [6.07, 6.45) is 0. The van der Waals surface area contributed by atoms with E-state index in [2.05, 4.69) is 54.6 Å². The second-order valence-electron chi connectivity index (χ2n) is 13.1. The minimum Gasteiger partial charge on any atom is -0.208 e. The maximum Gasteiger partial charge on any atom is 0.165 e. The Morgan fingerprint density at radius 3 is 1.09 bits per heavy atom. The topological polar surface area (TPSA) is 101 Å². The highest BCUT2D eigenvalue weighted by Gasteiger charge is 2.17. The summed E-state index contributed by atoms with van der Waals surface area (Å²) < 4.78 is 0. The van der Waals surface area contributed by atoms with E-state index in [4.69, 9.17) is 29.9 Å².